The molecule has 0 aliphatic carbocycles. The number of carbonyl (C=O) groups is 1. The molecule has 1 heterocycles. The van der Waals surface area contributed by atoms with E-state index in [9.17, 15) is 9.18 Å². The molecule has 4 rings (SSSR count). The van der Waals surface area contributed by atoms with Gasteiger partial charge in [-0.15, -0.1) is 0 Å². The van der Waals surface area contributed by atoms with Crippen LogP contribution in [0.1, 0.15) is 29.3 Å². The van der Waals surface area contributed by atoms with Gasteiger partial charge in [0.2, 0.25) is 5.88 Å². The Bertz CT molecular complexity index is 1260. The quantitative estimate of drug-likeness (QED) is 0.344. The van der Waals surface area contributed by atoms with Crippen LogP contribution in [0, 0.1) is 5.82 Å². The van der Waals surface area contributed by atoms with E-state index in [1.807, 2.05) is 24.3 Å². The van der Waals surface area contributed by atoms with E-state index in [0.717, 1.165) is 17.7 Å². The van der Waals surface area contributed by atoms with Crippen molar-refractivity contribution in [2.45, 2.75) is 19.9 Å². The van der Waals surface area contributed by atoms with Crippen LogP contribution in [-0.2, 0) is 6.54 Å². The molecule has 4 aromatic rings. The summed E-state index contributed by atoms with van der Waals surface area (Å²) in [5, 5.41) is 2.91. The van der Waals surface area contributed by atoms with Gasteiger partial charge in [0.05, 0.1) is 12.3 Å². The van der Waals surface area contributed by atoms with Crippen LogP contribution < -0.4 is 14.8 Å². The van der Waals surface area contributed by atoms with E-state index in [4.69, 9.17) is 9.47 Å². The maximum Gasteiger partial charge on any atom is 0.251 e. The molecule has 6 nitrogen and oxygen atoms in total. The topological polar surface area (TPSA) is 73.3 Å². The van der Waals surface area contributed by atoms with Crippen molar-refractivity contribution >= 4 is 5.91 Å². The van der Waals surface area contributed by atoms with Crippen molar-refractivity contribution in [3.05, 3.63) is 102 Å². The molecule has 34 heavy (non-hydrogen) atoms. The zero-order chi connectivity index (χ0) is 23.8. The standard InChI is InChI=1S/C27H24FN3O3/c1-2-13-33-23-11-9-19(10-12-23)17-29-27(32)21-6-4-8-24(15-21)34-26-16-25(30-18-31-26)20-5-3-7-22(28)14-20/h3-12,14-16,18H,2,13,17H2,1H3,(H,29,32). The zero-order valence-corrected chi connectivity index (χ0v) is 18.7. The minimum atomic E-state index is -0.349. The van der Waals surface area contributed by atoms with Gasteiger partial charge < -0.3 is 14.8 Å². The average Bonchev–Trinajstić information content (AvgIpc) is 2.87. The molecule has 1 N–H and O–H groups in total. The first kappa shape index (κ1) is 22.9. The number of carbonyl (C=O) groups excluding carboxylic acids is 1. The van der Waals surface area contributed by atoms with Gasteiger partial charge in [-0.25, -0.2) is 14.4 Å². The number of nitrogens with one attached hydrogen (secondary N) is 1. The lowest BCUT2D eigenvalue weighted by atomic mass is 10.1. The molecule has 0 spiro atoms. The van der Waals surface area contributed by atoms with Crippen molar-refractivity contribution in [3.8, 4) is 28.6 Å². The highest BCUT2D eigenvalue weighted by Gasteiger charge is 2.09. The van der Waals surface area contributed by atoms with Gasteiger partial charge in [-0.2, -0.15) is 0 Å². The Morgan fingerprint density at radius 3 is 2.56 bits per heavy atom. The molecule has 0 bridgehead atoms. The number of halogens is 1. The molecule has 0 saturated carbocycles. The third kappa shape index (κ3) is 6.16. The van der Waals surface area contributed by atoms with Gasteiger partial charge in [0, 0.05) is 23.7 Å². The second-order valence-electron chi connectivity index (χ2n) is 7.56. The van der Waals surface area contributed by atoms with Crippen molar-refractivity contribution in [3.63, 3.8) is 0 Å². The number of nitrogens with zero attached hydrogens (tertiary/aromatic N) is 2. The van der Waals surface area contributed by atoms with Crippen LogP contribution in [0.5, 0.6) is 17.4 Å². The molecule has 0 fully saturated rings. The molecule has 0 atom stereocenters. The molecule has 1 amide bonds. The van der Waals surface area contributed by atoms with Gasteiger partial charge in [0.25, 0.3) is 5.91 Å². The summed E-state index contributed by atoms with van der Waals surface area (Å²) in [4.78, 5) is 21.0. The Labute approximate surface area is 197 Å². The molecule has 3 aromatic carbocycles. The van der Waals surface area contributed by atoms with Crippen molar-refractivity contribution in [1.29, 1.82) is 0 Å². The van der Waals surface area contributed by atoms with E-state index in [-0.39, 0.29) is 17.6 Å². The fourth-order valence-electron chi connectivity index (χ4n) is 3.23. The summed E-state index contributed by atoms with van der Waals surface area (Å²) in [6, 6.07) is 22.2. The third-order valence-corrected chi connectivity index (χ3v) is 4.93. The van der Waals surface area contributed by atoms with E-state index >= 15 is 0 Å². The fourth-order valence-corrected chi connectivity index (χ4v) is 3.23. The number of ether oxygens (including phenoxy) is 2. The summed E-state index contributed by atoms with van der Waals surface area (Å²) in [6.07, 6.45) is 2.30. The lowest BCUT2D eigenvalue weighted by Gasteiger charge is -2.09. The predicted octanol–water partition coefficient (Wildman–Crippen LogP) is 5.79. The van der Waals surface area contributed by atoms with Gasteiger partial charge in [-0.3, -0.25) is 4.79 Å². The van der Waals surface area contributed by atoms with Crippen LogP contribution in [0.4, 0.5) is 4.39 Å². The molecule has 0 unspecified atom stereocenters. The highest BCUT2D eigenvalue weighted by atomic mass is 19.1. The molecule has 0 aliphatic heterocycles. The maximum absolute atomic E-state index is 13.5. The largest absolute Gasteiger partial charge is 0.494 e. The number of hydrogen-bond acceptors (Lipinski definition) is 5. The molecule has 0 saturated heterocycles. The molecule has 0 aliphatic rings. The third-order valence-electron chi connectivity index (χ3n) is 4.93. The normalized spacial score (nSPS) is 10.5. The van der Waals surface area contributed by atoms with E-state index < -0.39 is 0 Å². The lowest BCUT2D eigenvalue weighted by Crippen LogP contribution is -2.22. The van der Waals surface area contributed by atoms with E-state index in [2.05, 4.69) is 22.2 Å². The van der Waals surface area contributed by atoms with Gasteiger partial charge in [0.15, 0.2) is 0 Å². The van der Waals surface area contributed by atoms with Crippen LogP contribution >= 0.6 is 0 Å². The monoisotopic (exact) mass is 457 g/mol. The highest BCUT2D eigenvalue weighted by Crippen LogP contribution is 2.25. The number of amides is 1. The summed E-state index contributed by atoms with van der Waals surface area (Å²) < 4.78 is 24.9. The Morgan fingerprint density at radius 2 is 1.76 bits per heavy atom. The van der Waals surface area contributed by atoms with Crippen LogP contribution in [0.15, 0.2) is 85.2 Å². The van der Waals surface area contributed by atoms with E-state index in [0.29, 0.717) is 35.7 Å². The predicted molar refractivity (Wildman–Crippen MR) is 127 cm³/mol. The number of rotatable bonds is 9. The molecule has 1 aromatic heterocycles. The Morgan fingerprint density at radius 1 is 0.941 bits per heavy atom. The summed E-state index contributed by atoms with van der Waals surface area (Å²) in [5.41, 5.74) is 2.57. The minimum absolute atomic E-state index is 0.222. The second-order valence-corrected chi connectivity index (χ2v) is 7.56. The number of benzene rings is 3. The summed E-state index contributed by atoms with van der Waals surface area (Å²) >= 11 is 0. The van der Waals surface area contributed by atoms with Crippen molar-refractivity contribution in [1.82, 2.24) is 15.3 Å². The fraction of sp³-hybridized carbons (Fsp3) is 0.148. The Hall–Kier alpha value is -4.26. The van der Waals surface area contributed by atoms with Crippen LogP contribution in [-0.4, -0.2) is 22.5 Å². The van der Waals surface area contributed by atoms with E-state index in [1.54, 1.807) is 42.5 Å². The van der Waals surface area contributed by atoms with Crippen molar-refractivity contribution in [2.24, 2.45) is 0 Å². The highest BCUT2D eigenvalue weighted by molar-refractivity contribution is 5.94. The Kier molecular flexibility index (Phi) is 7.45. The zero-order valence-electron chi connectivity index (χ0n) is 18.7. The summed E-state index contributed by atoms with van der Waals surface area (Å²) in [5.74, 6) is 0.983. The van der Waals surface area contributed by atoms with Crippen LogP contribution in [0.3, 0.4) is 0 Å². The number of aromatic nitrogens is 2. The first-order valence-electron chi connectivity index (χ1n) is 11.0. The SMILES string of the molecule is CCCOc1ccc(CNC(=O)c2cccc(Oc3cc(-c4cccc(F)c4)ncn3)c2)cc1. The second kappa shape index (κ2) is 11.0. The molecular weight excluding hydrogens is 433 g/mol. The average molecular weight is 458 g/mol. The molecular formula is C27H24FN3O3. The van der Waals surface area contributed by atoms with E-state index in [1.165, 1.54) is 18.5 Å². The minimum Gasteiger partial charge on any atom is -0.494 e. The van der Waals surface area contributed by atoms with Gasteiger partial charge >= 0.3 is 0 Å². The molecule has 7 heteroatoms. The van der Waals surface area contributed by atoms with Crippen LogP contribution in [0.2, 0.25) is 0 Å². The van der Waals surface area contributed by atoms with Crippen molar-refractivity contribution < 1.29 is 18.7 Å². The van der Waals surface area contributed by atoms with Gasteiger partial charge in [-0.1, -0.05) is 37.3 Å². The number of hydrogen-bond donors (Lipinski definition) is 1. The maximum atomic E-state index is 13.5. The Balaban J connectivity index is 1.39. The van der Waals surface area contributed by atoms with Crippen molar-refractivity contribution in [2.75, 3.05) is 6.61 Å². The first-order valence-corrected chi connectivity index (χ1v) is 11.0. The smallest absolute Gasteiger partial charge is 0.251 e. The lowest BCUT2D eigenvalue weighted by molar-refractivity contribution is 0.0950. The van der Waals surface area contributed by atoms with Gasteiger partial charge in [-0.05, 0) is 54.4 Å². The summed E-state index contributed by atoms with van der Waals surface area (Å²) in [6.45, 7) is 3.12. The summed E-state index contributed by atoms with van der Waals surface area (Å²) in [7, 11) is 0. The first-order chi connectivity index (χ1) is 16.6. The van der Waals surface area contributed by atoms with Gasteiger partial charge in [0.1, 0.15) is 23.6 Å². The molecule has 172 valence electrons. The van der Waals surface area contributed by atoms with Crippen LogP contribution in [0.25, 0.3) is 11.3 Å². The molecule has 0 radical (unpaired) electrons.